The number of hydrogen-bond donors (Lipinski definition) is 0. The van der Waals surface area contributed by atoms with E-state index in [0.717, 1.165) is 35.2 Å². The van der Waals surface area contributed by atoms with E-state index < -0.39 is 0 Å². The van der Waals surface area contributed by atoms with E-state index in [4.69, 9.17) is 0 Å². The standard InChI is InChI=1S/C26H34N8O2/c1-17(2)15-33-23-19(13-29-33)9-21(11-27-23)25(35)31(5)7-8-32(6)26(36)22-10-20-14-30-34(16-18(3)4)24(20)28-12-22/h9-14,17-18H,7-8,15-16H2,1-6H3. The first-order valence-corrected chi connectivity index (χ1v) is 12.3. The first kappa shape index (κ1) is 25.3. The van der Waals surface area contributed by atoms with Gasteiger partial charge in [-0.25, -0.2) is 19.3 Å². The topological polar surface area (TPSA) is 102 Å². The molecule has 190 valence electrons. The van der Waals surface area contributed by atoms with Gasteiger partial charge in [0, 0.05) is 63.4 Å². The Labute approximate surface area is 210 Å². The highest BCUT2D eigenvalue weighted by atomic mass is 16.2. The Kier molecular flexibility index (Phi) is 7.32. The highest BCUT2D eigenvalue weighted by molar-refractivity contribution is 5.97. The van der Waals surface area contributed by atoms with Crippen molar-refractivity contribution in [2.45, 2.75) is 40.8 Å². The van der Waals surface area contributed by atoms with E-state index in [1.54, 1.807) is 48.7 Å². The molecule has 2 amide bonds. The number of nitrogens with zero attached hydrogens (tertiary/aromatic N) is 8. The number of amides is 2. The summed E-state index contributed by atoms with van der Waals surface area (Å²) in [4.78, 5) is 38.1. The molecule has 0 bridgehead atoms. The molecule has 0 aliphatic carbocycles. The third kappa shape index (κ3) is 5.37. The summed E-state index contributed by atoms with van der Waals surface area (Å²) in [6.07, 6.45) is 6.67. The zero-order chi connectivity index (χ0) is 26.0. The maximum atomic E-state index is 13.0. The van der Waals surface area contributed by atoms with Crippen molar-refractivity contribution in [1.82, 2.24) is 39.3 Å². The van der Waals surface area contributed by atoms with Crippen LogP contribution in [-0.4, -0.2) is 78.3 Å². The van der Waals surface area contributed by atoms with Crippen molar-refractivity contribution in [1.29, 1.82) is 0 Å². The van der Waals surface area contributed by atoms with Gasteiger partial charge in [0.1, 0.15) is 0 Å². The van der Waals surface area contributed by atoms with Crippen molar-refractivity contribution in [3.63, 3.8) is 0 Å². The summed E-state index contributed by atoms with van der Waals surface area (Å²) in [5.41, 5.74) is 2.54. The van der Waals surface area contributed by atoms with Crippen molar-refractivity contribution >= 4 is 33.9 Å². The van der Waals surface area contributed by atoms with Crippen molar-refractivity contribution in [2.24, 2.45) is 11.8 Å². The molecule has 36 heavy (non-hydrogen) atoms. The second kappa shape index (κ2) is 10.4. The van der Waals surface area contributed by atoms with Gasteiger partial charge in [-0.05, 0) is 24.0 Å². The summed E-state index contributed by atoms with van der Waals surface area (Å²) in [7, 11) is 3.45. The Hall–Kier alpha value is -3.82. The fraction of sp³-hybridized carbons (Fsp3) is 0.462. The molecule has 10 nitrogen and oxygen atoms in total. The number of likely N-dealkylation sites (N-methyl/N-ethyl adjacent to an activating group) is 2. The van der Waals surface area contributed by atoms with Crippen LogP contribution < -0.4 is 0 Å². The molecular weight excluding hydrogens is 456 g/mol. The first-order valence-electron chi connectivity index (χ1n) is 12.3. The molecule has 0 atom stereocenters. The van der Waals surface area contributed by atoms with E-state index in [-0.39, 0.29) is 11.8 Å². The quantitative estimate of drug-likeness (QED) is 0.357. The monoisotopic (exact) mass is 490 g/mol. The molecule has 4 aromatic heterocycles. The molecule has 0 fully saturated rings. The Morgan fingerprint density at radius 3 is 1.47 bits per heavy atom. The Balaban J connectivity index is 1.38. The third-order valence-electron chi connectivity index (χ3n) is 5.99. The number of rotatable bonds is 9. The fourth-order valence-corrected chi connectivity index (χ4v) is 4.08. The second-order valence-electron chi connectivity index (χ2n) is 10.2. The highest BCUT2D eigenvalue weighted by Crippen LogP contribution is 2.17. The third-order valence-corrected chi connectivity index (χ3v) is 5.99. The molecule has 0 aromatic carbocycles. The SMILES string of the molecule is CC(C)Cn1ncc2cc(C(=O)N(C)CCN(C)C(=O)c3cnc4c(cnn4CC(C)C)c3)cnc21. The predicted molar refractivity (Wildman–Crippen MR) is 139 cm³/mol. The lowest BCUT2D eigenvalue weighted by atomic mass is 10.2. The number of aromatic nitrogens is 6. The maximum absolute atomic E-state index is 13.0. The van der Waals surface area contributed by atoms with Crippen LogP contribution in [0.5, 0.6) is 0 Å². The molecule has 0 unspecified atom stereocenters. The number of pyridine rings is 2. The van der Waals surface area contributed by atoms with E-state index in [9.17, 15) is 9.59 Å². The second-order valence-corrected chi connectivity index (χ2v) is 10.2. The molecule has 10 heteroatoms. The molecule has 0 radical (unpaired) electrons. The summed E-state index contributed by atoms with van der Waals surface area (Å²) in [5, 5.41) is 10.5. The predicted octanol–water partition coefficient (Wildman–Crippen LogP) is 3.33. The lowest BCUT2D eigenvalue weighted by Crippen LogP contribution is -2.37. The normalized spacial score (nSPS) is 11.7. The molecule has 4 aromatic rings. The summed E-state index contributed by atoms with van der Waals surface area (Å²) < 4.78 is 3.72. The van der Waals surface area contributed by atoms with Crippen LogP contribution in [0.1, 0.15) is 48.4 Å². The summed E-state index contributed by atoms with van der Waals surface area (Å²) in [5.74, 6) is 0.592. The van der Waals surface area contributed by atoms with Gasteiger partial charge in [-0.1, -0.05) is 27.7 Å². The average Bonchev–Trinajstić information content (AvgIpc) is 3.43. The first-order chi connectivity index (χ1) is 17.1. The van der Waals surface area contributed by atoms with Gasteiger partial charge in [0.05, 0.1) is 23.5 Å². The van der Waals surface area contributed by atoms with E-state index >= 15 is 0 Å². The zero-order valence-electron chi connectivity index (χ0n) is 21.8. The highest BCUT2D eigenvalue weighted by Gasteiger charge is 2.18. The van der Waals surface area contributed by atoms with Gasteiger partial charge in [0.25, 0.3) is 11.8 Å². The Morgan fingerprint density at radius 1 is 0.722 bits per heavy atom. The molecule has 4 heterocycles. The van der Waals surface area contributed by atoms with Crippen LogP contribution in [0.3, 0.4) is 0 Å². The van der Waals surface area contributed by atoms with E-state index in [0.29, 0.717) is 36.1 Å². The Bertz CT molecular complexity index is 1280. The number of hydrogen-bond acceptors (Lipinski definition) is 6. The zero-order valence-corrected chi connectivity index (χ0v) is 21.8. The molecule has 0 N–H and O–H groups in total. The Morgan fingerprint density at radius 2 is 1.11 bits per heavy atom. The van der Waals surface area contributed by atoms with Crippen molar-refractivity contribution in [3.05, 3.63) is 48.0 Å². The number of carbonyl (C=O) groups is 2. The van der Waals surface area contributed by atoms with Crippen LogP contribution in [0.15, 0.2) is 36.9 Å². The van der Waals surface area contributed by atoms with Gasteiger partial charge >= 0.3 is 0 Å². The molecule has 0 saturated carbocycles. The lowest BCUT2D eigenvalue weighted by Gasteiger charge is -2.22. The van der Waals surface area contributed by atoms with Crippen LogP contribution >= 0.6 is 0 Å². The van der Waals surface area contributed by atoms with Gasteiger partial charge < -0.3 is 9.80 Å². The minimum atomic E-state index is -0.150. The smallest absolute Gasteiger partial charge is 0.255 e. The number of carbonyl (C=O) groups excluding carboxylic acids is 2. The van der Waals surface area contributed by atoms with Gasteiger partial charge in [0.2, 0.25) is 0 Å². The van der Waals surface area contributed by atoms with Crippen molar-refractivity contribution < 1.29 is 9.59 Å². The maximum Gasteiger partial charge on any atom is 0.255 e. The summed E-state index contributed by atoms with van der Waals surface area (Å²) in [6.45, 7) is 10.8. The molecule has 0 aliphatic rings. The van der Waals surface area contributed by atoms with Gasteiger partial charge in [-0.3, -0.25) is 9.59 Å². The summed E-state index contributed by atoms with van der Waals surface area (Å²) in [6, 6.07) is 3.64. The van der Waals surface area contributed by atoms with Crippen LogP contribution in [0, 0.1) is 11.8 Å². The molecular formula is C26H34N8O2. The summed E-state index contributed by atoms with van der Waals surface area (Å²) >= 11 is 0. The van der Waals surface area contributed by atoms with E-state index in [1.807, 2.05) is 21.5 Å². The molecule has 0 saturated heterocycles. The molecule has 4 rings (SSSR count). The number of fused-ring (bicyclic) bond motifs is 2. The lowest BCUT2D eigenvalue weighted by molar-refractivity contribution is 0.0718. The van der Waals surface area contributed by atoms with E-state index in [2.05, 4.69) is 47.9 Å². The van der Waals surface area contributed by atoms with Crippen LogP contribution in [0.25, 0.3) is 22.1 Å². The minimum Gasteiger partial charge on any atom is -0.340 e. The van der Waals surface area contributed by atoms with Crippen LogP contribution in [0.2, 0.25) is 0 Å². The largest absolute Gasteiger partial charge is 0.340 e. The average molecular weight is 491 g/mol. The molecule has 0 aliphatic heterocycles. The fourth-order valence-electron chi connectivity index (χ4n) is 4.08. The van der Waals surface area contributed by atoms with Gasteiger partial charge in [-0.15, -0.1) is 0 Å². The van der Waals surface area contributed by atoms with Gasteiger partial charge in [-0.2, -0.15) is 10.2 Å². The van der Waals surface area contributed by atoms with Gasteiger partial charge in [0.15, 0.2) is 11.3 Å². The molecule has 0 spiro atoms. The van der Waals surface area contributed by atoms with Crippen LogP contribution in [0.4, 0.5) is 0 Å². The van der Waals surface area contributed by atoms with E-state index in [1.165, 1.54) is 0 Å². The van der Waals surface area contributed by atoms with Crippen molar-refractivity contribution in [2.75, 3.05) is 27.2 Å². The minimum absolute atomic E-state index is 0.150. The van der Waals surface area contributed by atoms with Crippen LogP contribution in [-0.2, 0) is 13.1 Å². The van der Waals surface area contributed by atoms with Crippen molar-refractivity contribution in [3.8, 4) is 0 Å².